The van der Waals surface area contributed by atoms with E-state index in [0.717, 1.165) is 24.2 Å². The second-order valence-corrected chi connectivity index (χ2v) is 4.61. The number of likely N-dealkylation sites (tertiary alicyclic amines) is 1. The van der Waals surface area contributed by atoms with Crippen LogP contribution in [0.25, 0.3) is 0 Å². The van der Waals surface area contributed by atoms with E-state index in [0.29, 0.717) is 0 Å². The Balaban J connectivity index is 1.59. The molecule has 0 aromatic carbocycles. The normalized spacial score (nSPS) is 31.7. The first-order valence-corrected chi connectivity index (χ1v) is 5.74. The first-order valence-electron chi connectivity index (χ1n) is 5.74. The number of rotatable bonds is 2. The highest BCUT2D eigenvalue weighted by molar-refractivity contribution is 4.95. The SMILES string of the molecule is c1nc(CN2CCC3NCCC3C2)co1. The maximum absolute atomic E-state index is 4.99. The molecular weight excluding hydrogens is 190 g/mol. The summed E-state index contributed by atoms with van der Waals surface area (Å²) in [5, 5.41) is 3.58. The van der Waals surface area contributed by atoms with Crippen LogP contribution < -0.4 is 5.32 Å². The first-order chi connectivity index (χ1) is 7.42. The molecule has 0 bridgehead atoms. The highest BCUT2D eigenvalue weighted by atomic mass is 16.3. The van der Waals surface area contributed by atoms with Crippen molar-refractivity contribution in [2.75, 3.05) is 19.6 Å². The van der Waals surface area contributed by atoms with Gasteiger partial charge in [0.25, 0.3) is 0 Å². The molecule has 1 aromatic heterocycles. The summed E-state index contributed by atoms with van der Waals surface area (Å²) in [4.78, 5) is 6.66. The number of hydrogen-bond donors (Lipinski definition) is 1. The largest absolute Gasteiger partial charge is 0.451 e. The fraction of sp³-hybridized carbons (Fsp3) is 0.727. The maximum Gasteiger partial charge on any atom is 0.180 e. The van der Waals surface area contributed by atoms with Crippen LogP contribution in [-0.2, 0) is 6.54 Å². The molecule has 2 aliphatic rings. The standard InChI is InChI=1S/C11H17N3O/c1-3-12-11-2-4-14(5-9(1)11)6-10-7-15-8-13-10/h7-9,11-12H,1-6H2. The third-order valence-electron chi connectivity index (χ3n) is 3.61. The van der Waals surface area contributed by atoms with Crippen molar-refractivity contribution in [2.24, 2.45) is 5.92 Å². The average Bonchev–Trinajstić information content (AvgIpc) is 2.87. The van der Waals surface area contributed by atoms with Gasteiger partial charge in [-0.1, -0.05) is 0 Å². The van der Waals surface area contributed by atoms with Crippen molar-refractivity contribution in [3.8, 4) is 0 Å². The van der Waals surface area contributed by atoms with Crippen LogP contribution in [0.3, 0.4) is 0 Å². The van der Waals surface area contributed by atoms with Gasteiger partial charge in [0, 0.05) is 25.7 Å². The Labute approximate surface area is 89.7 Å². The van der Waals surface area contributed by atoms with Crippen LogP contribution in [0.1, 0.15) is 18.5 Å². The Bertz CT molecular complexity index is 312. The van der Waals surface area contributed by atoms with E-state index >= 15 is 0 Å². The summed E-state index contributed by atoms with van der Waals surface area (Å²) in [7, 11) is 0. The number of fused-ring (bicyclic) bond motifs is 1. The van der Waals surface area contributed by atoms with Crippen LogP contribution >= 0.6 is 0 Å². The van der Waals surface area contributed by atoms with Crippen LogP contribution in [0.4, 0.5) is 0 Å². The van der Waals surface area contributed by atoms with Crippen molar-refractivity contribution in [1.82, 2.24) is 15.2 Å². The van der Waals surface area contributed by atoms with Gasteiger partial charge in [0.1, 0.15) is 6.26 Å². The quantitative estimate of drug-likeness (QED) is 0.781. The second kappa shape index (κ2) is 3.94. The van der Waals surface area contributed by atoms with Gasteiger partial charge in [-0.25, -0.2) is 4.98 Å². The molecule has 1 N–H and O–H groups in total. The third kappa shape index (κ3) is 1.92. The van der Waals surface area contributed by atoms with Crippen LogP contribution in [0.2, 0.25) is 0 Å². The first kappa shape index (κ1) is 9.36. The number of nitrogens with zero attached hydrogens (tertiary/aromatic N) is 2. The predicted molar refractivity (Wildman–Crippen MR) is 56.3 cm³/mol. The van der Waals surface area contributed by atoms with E-state index < -0.39 is 0 Å². The van der Waals surface area contributed by atoms with Gasteiger partial charge in [-0.2, -0.15) is 0 Å². The Hall–Kier alpha value is -0.870. The zero-order chi connectivity index (χ0) is 10.1. The number of nitrogens with one attached hydrogen (secondary N) is 1. The fourth-order valence-corrected chi connectivity index (χ4v) is 2.81. The number of hydrogen-bond acceptors (Lipinski definition) is 4. The molecule has 0 aliphatic carbocycles. The molecule has 2 fully saturated rings. The van der Waals surface area contributed by atoms with E-state index in [1.54, 1.807) is 6.26 Å². The Morgan fingerprint density at radius 3 is 3.40 bits per heavy atom. The van der Waals surface area contributed by atoms with Gasteiger partial charge in [0.05, 0.1) is 5.69 Å². The molecule has 2 saturated heterocycles. The molecule has 3 rings (SSSR count). The number of aromatic nitrogens is 1. The monoisotopic (exact) mass is 207 g/mol. The minimum Gasteiger partial charge on any atom is -0.451 e. The number of oxazole rings is 1. The van der Waals surface area contributed by atoms with Crippen molar-refractivity contribution in [3.05, 3.63) is 18.4 Å². The zero-order valence-electron chi connectivity index (χ0n) is 8.85. The molecule has 4 nitrogen and oxygen atoms in total. The lowest BCUT2D eigenvalue weighted by Gasteiger charge is -2.34. The van der Waals surface area contributed by atoms with Gasteiger partial charge in [0.2, 0.25) is 0 Å². The minimum atomic E-state index is 0.776. The van der Waals surface area contributed by atoms with Gasteiger partial charge < -0.3 is 9.73 Å². The van der Waals surface area contributed by atoms with E-state index in [9.17, 15) is 0 Å². The molecule has 2 atom stereocenters. The van der Waals surface area contributed by atoms with Gasteiger partial charge >= 0.3 is 0 Å². The lowest BCUT2D eigenvalue weighted by atomic mass is 9.93. The van der Waals surface area contributed by atoms with E-state index in [1.165, 1.54) is 38.9 Å². The average molecular weight is 207 g/mol. The van der Waals surface area contributed by atoms with Crippen molar-refractivity contribution >= 4 is 0 Å². The van der Waals surface area contributed by atoms with E-state index in [1.807, 2.05) is 0 Å². The van der Waals surface area contributed by atoms with Gasteiger partial charge in [-0.05, 0) is 25.3 Å². The minimum absolute atomic E-state index is 0.776. The van der Waals surface area contributed by atoms with Crippen molar-refractivity contribution < 1.29 is 4.42 Å². The van der Waals surface area contributed by atoms with Gasteiger partial charge in [-0.15, -0.1) is 0 Å². The van der Waals surface area contributed by atoms with E-state index in [4.69, 9.17) is 4.42 Å². The molecule has 3 heterocycles. The highest BCUT2D eigenvalue weighted by Crippen LogP contribution is 2.25. The molecule has 1 aromatic rings. The van der Waals surface area contributed by atoms with Crippen molar-refractivity contribution in [3.63, 3.8) is 0 Å². The highest BCUT2D eigenvalue weighted by Gasteiger charge is 2.32. The summed E-state index contributed by atoms with van der Waals surface area (Å²) in [6, 6.07) is 0.776. The molecule has 0 amide bonds. The summed E-state index contributed by atoms with van der Waals surface area (Å²) in [6.45, 7) is 4.54. The molecule has 0 radical (unpaired) electrons. The summed E-state index contributed by atoms with van der Waals surface area (Å²) in [5.74, 6) is 0.852. The van der Waals surface area contributed by atoms with E-state index in [2.05, 4.69) is 15.2 Å². The lowest BCUT2D eigenvalue weighted by molar-refractivity contribution is 0.154. The zero-order valence-corrected chi connectivity index (χ0v) is 8.85. The topological polar surface area (TPSA) is 41.3 Å². The van der Waals surface area contributed by atoms with Crippen LogP contribution in [0.15, 0.2) is 17.1 Å². The van der Waals surface area contributed by atoms with Crippen molar-refractivity contribution in [2.45, 2.75) is 25.4 Å². The molecule has 82 valence electrons. The third-order valence-corrected chi connectivity index (χ3v) is 3.61. The van der Waals surface area contributed by atoms with Crippen molar-refractivity contribution in [1.29, 1.82) is 0 Å². The summed E-state index contributed by atoms with van der Waals surface area (Å²) < 4.78 is 4.99. The molecule has 4 heteroatoms. The Morgan fingerprint density at radius 2 is 2.53 bits per heavy atom. The van der Waals surface area contributed by atoms with Crippen LogP contribution in [0, 0.1) is 5.92 Å². The smallest absolute Gasteiger partial charge is 0.180 e. The van der Waals surface area contributed by atoms with Gasteiger partial charge in [-0.3, -0.25) is 4.90 Å². The van der Waals surface area contributed by atoms with Gasteiger partial charge in [0.15, 0.2) is 6.39 Å². The predicted octanol–water partition coefficient (Wildman–Crippen LogP) is 0.858. The number of piperidine rings is 1. The van der Waals surface area contributed by atoms with E-state index in [-0.39, 0.29) is 0 Å². The lowest BCUT2D eigenvalue weighted by Crippen LogP contribution is -2.43. The molecule has 15 heavy (non-hydrogen) atoms. The molecule has 0 saturated carbocycles. The molecular formula is C11H17N3O. The molecule has 0 spiro atoms. The maximum atomic E-state index is 4.99. The molecule has 2 unspecified atom stereocenters. The Morgan fingerprint density at radius 1 is 1.53 bits per heavy atom. The Kier molecular flexibility index (Phi) is 2.46. The fourth-order valence-electron chi connectivity index (χ4n) is 2.81. The summed E-state index contributed by atoms with van der Waals surface area (Å²) >= 11 is 0. The summed E-state index contributed by atoms with van der Waals surface area (Å²) in [6.07, 6.45) is 5.88. The van der Waals surface area contributed by atoms with Crippen LogP contribution in [0.5, 0.6) is 0 Å². The van der Waals surface area contributed by atoms with Crippen LogP contribution in [-0.4, -0.2) is 35.6 Å². The second-order valence-electron chi connectivity index (χ2n) is 4.61. The molecule has 2 aliphatic heterocycles. The summed E-state index contributed by atoms with van der Waals surface area (Å²) in [5.41, 5.74) is 1.06.